The molecular weight excluding hydrogens is 416 g/mol. The zero-order valence-electron chi connectivity index (χ0n) is 15.6. The summed E-state index contributed by atoms with van der Waals surface area (Å²) in [6.07, 6.45) is -4.28. The molecule has 0 aliphatic carbocycles. The van der Waals surface area contributed by atoms with Gasteiger partial charge in [-0.15, -0.1) is 0 Å². The second kappa shape index (κ2) is 9.42. The van der Waals surface area contributed by atoms with Crippen molar-refractivity contribution in [2.75, 3.05) is 25.1 Å². The maximum Gasteiger partial charge on any atom is 0.416 e. The maximum atomic E-state index is 13.1. The first kappa shape index (κ1) is 22.9. The Hall–Kier alpha value is -2.37. The van der Waals surface area contributed by atoms with Crippen molar-refractivity contribution in [3.05, 3.63) is 35.1 Å². The summed E-state index contributed by atoms with van der Waals surface area (Å²) in [6, 6.07) is 2.02. The summed E-state index contributed by atoms with van der Waals surface area (Å²) in [7, 11) is -1.68. The van der Waals surface area contributed by atoms with E-state index in [9.17, 15) is 30.8 Å². The molecule has 1 aliphatic rings. The van der Waals surface area contributed by atoms with Gasteiger partial charge in [-0.05, 0) is 24.1 Å². The number of alkyl halides is 3. The van der Waals surface area contributed by atoms with Crippen LogP contribution in [0.25, 0.3) is 0 Å². The third-order valence-corrected chi connectivity index (χ3v) is 6.06. The van der Waals surface area contributed by atoms with Crippen LogP contribution in [-0.2, 0) is 27.4 Å². The number of carbonyl (C=O) groups excluding carboxylic acids is 1. The first-order valence-corrected chi connectivity index (χ1v) is 10.6. The second-order valence-corrected chi connectivity index (χ2v) is 8.80. The van der Waals surface area contributed by atoms with Gasteiger partial charge in [0.2, 0.25) is 5.91 Å². The molecule has 162 valence electrons. The highest BCUT2D eigenvalue weighted by Gasteiger charge is 2.33. The Bertz CT molecular complexity index is 872. The SMILES string of the molecule is CN=C(NCCC(=O)NC1CCS(=O)(=O)C1)NCc1ccc(F)cc1C(F)(F)F. The lowest BCUT2D eigenvalue weighted by molar-refractivity contribution is -0.138. The van der Waals surface area contributed by atoms with E-state index in [2.05, 4.69) is 20.9 Å². The van der Waals surface area contributed by atoms with Crippen LogP contribution in [0.1, 0.15) is 24.0 Å². The number of amides is 1. The highest BCUT2D eigenvalue weighted by molar-refractivity contribution is 7.91. The van der Waals surface area contributed by atoms with Crippen molar-refractivity contribution in [3.63, 3.8) is 0 Å². The van der Waals surface area contributed by atoms with Crippen LogP contribution in [0.5, 0.6) is 0 Å². The van der Waals surface area contributed by atoms with Gasteiger partial charge in [-0.1, -0.05) is 6.07 Å². The number of halogens is 4. The van der Waals surface area contributed by atoms with E-state index in [1.54, 1.807) is 0 Å². The molecule has 1 saturated heterocycles. The van der Waals surface area contributed by atoms with E-state index in [-0.39, 0.29) is 48.4 Å². The van der Waals surface area contributed by atoms with Crippen molar-refractivity contribution >= 4 is 21.7 Å². The number of carbonyl (C=O) groups is 1. The standard InChI is InChI=1S/C17H22F4N4O3S/c1-22-16(23-6-4-15(26)25-13-5-7-29(27,28)10-13)24-9-11-2-3-12(18)8-14(11)17(19,20)21/h2-3,8,13H,4-7,9-10H2,1H3,(H,25,26)(H2,22,23,24). The minimum absolute atomic E-state index is 0.0294. The summed E-state index contributed by atoms with van der Waals surface area (Å²) in [4.78, 5) is 15.7. The van der Waals surface area contributed by atoms with Gasteiger partial charge in [0, 0.05) is 32.6 Å². The minimum Gasteiger partial charge on any atom is -0.356 e. The number of sulfone groups is 1. The lowest BCUT2D eigenvalue weighted by Crippen LogP contribution is -2.41. The molecule has 7 nitrogen and oxygen atoms in total. The first-order chi connectivity index (χ1) is 13.5. The second-order valence-electron chi connectivity index (χ2n) is 6.57. The molecule has 0 saturated carbocycles. The third-order valence-electron chi connectivity index (χ3n) is 4.29. The fraction of sp³-hybridized carbons (Fsp3) is 0.529. The van der Waals surface area contributed by atoms with Crippen LogP contribution in [0.15, 0.2) is 23.2 Å². The predicted molar refractivity (Wildman–Crippen MR) is 99.4 cm³/mol. The molecule has 0 spiro atoms. The van der Waals surface area contributed by atoms with Crippen molar-refractivity contribution in [3.8, 4) is 0 Å². The number of rotatable bonds is 6. The summed E-state index contributed by atoms with van der Waals surface area (Å²) >= 11 is 0. The molecule has 0 aromatic heterocycles. The number of aliphatic imine (C=N–C) groups is 1. The topological polar surface area (TPSA) is 99.7 Å². The molecule has 1 unspecified atom stereocenters. The lowest BCUT2D eigenvalue weighted by atomic mass is 10.1. The highest BCUT2D eigenvalue weighted by Crippen LogP contribution is 2.32. The molecule has 1 aliphatic heterocycles. The highest BCUT2D eigenvalue weighted by atomic mass is 32.2. The van der Waals surface area contributed by atoms with Crippen molar-refractivity contribution < 1.29 is 30.8 Å². The van der Waals surface area contributed by atoms with Gasteiger partial charge >= 0.3 is 6.18 Å². The van der Waals surface area contributed by atoms with E-state index in [4.69, 9.17) is 0 Å². The van der Waals surface area contributed by atoms with Gasteiger partial charge in [0.1, 0.15) is 5.82 Å². The summed E-state index contributed by atoms with van der Waals surface area (Å²) in [5.74, 6) is -1.18. The van der Waals surface area contributed by atoms with Gasteiger partial charge in [0.25, 0.3) is 0 Å². The number of guanidine groups is 1. The molecule has 0 radical (unpaired) electrons. The Kier molecular flexibility index (Phi) is 7.44. The molecule has 1 fully saturated rings. The summed E-state index contributed by atoms with van der Waals surface area (Å²) in [5, 5.41) is 8.10. The number of hydrogen-bond acceptors (Lipinski definition) is 4. The number of hydrogen-bond donors (Lipinski definition) is 3. The van der Waals surface area contributed by atoms with E-state index in [0.29, 0.717) is 12.5 Å². The number of benzene rings is 1. The number of nitrogens with one attached hydrogen (secondary N) is 3. The number of nitrogens with zero attached hydrogens (tertiary/aromatic N) is 1. The van der Waals surface area contributed by atoms with Gasteiger partial charge in [-0.25, -0.2) is 12.8 Å². The van der Waals surface area contributed by atoms with Crippen molar-refractivity contribution in [1.29, 1.82) is 0 Å². The quantitative estimate of drug-likeness (QED) is 0.352. The first-order valence-electron chi connectivity index (χ1n) is 8.80. The predicted octanol–water partition coefficient (Wildman–Crippen LogP) is 1.20. The molecule has 29 heavy (non-hydrogen) atoms. The summed E-state index contributed by atoms with van der Waals surface area (Å²) < 4.78 is 75.0. The van der Waals surface area contributed by atoms with Crippen LogP contribution in [0.3, 0.4) is 0 Å². The Morgan fingerprint density at radius 3 is 2.59 bits per heavy atom. The average molecular weight is 438 g/mol. The molecule has 3 N–H and O–H groups in total. The van der Waals surface area contributed by atoms with Crippen LogP contribution in [0.4, 0.5) is 17.6 Å². The van der Waals surface area contributed by atoms with Crippen LogP contribution < -0.4 is 16.0 Å². The molecule has 12 heteroatoms. The third kappa shape index (κ3) is 7.18. The van der Waals surface area contributed by atoms with Gasteiger partial charge < -0.3 is 16.0 Å². The monoisotopic (exact) mass is 438 g/mol. The minimum atomic E-state index is -4.69. The fourth-order valence-electron chi connectivity index (χ4n) is 2.87. The van der Waals surface area contributed by atoms with Crippen LogP contribution in [0, 0.1) is 5.82 Å². The molecule has 1 heterocycles. The Morgan fingerprint density at radius 1 is 1.28 bits per heavy atom. The Morgan fingerprint density at radius 2 is 2.00 bits per heavy atom. The zero-order valence-corrected chi connectivity index (χ0v) is 16.5. The van der Waals surface area contributed by atoms with E-state index in [1.165, 1.54) is 7.05 Å². The molecule has 1 aromatic rings. The van der Waals surface area contributed by atoms with Crippen LogP contribution in [-0.4, -0.2) is 51.4 Å². The van der Waals surface area contributed by atoms with E-state index >= 15 is 0 Å². The van der Waals surface area contributed by atoms with E-state index < -0.39 is 33.4 Å². The van der Waals surface area contributed by atoms with Gasteiger partial charge in [0.05, 0.1) is 17.1 Å². The van der Waals surface area contributed by atoms with Crippen LogP contribution >= 0.6 is 0 Å². The normalized spacial score (nSPS) is 19.1. The van der Waals surface area contributed by atoms with Crippen molar-refractivity contribution in [1.82, 2.24) is 16.0 Å². The van der Waals surface area contributed by atoms with Crippen LogP contribution in [0.2, 0.25) is 0 Å². The molecule has 2 rings (SSSR count). The zero-order chi connectivity index (χ0) is 21.7. The van der Waals surface area contributed by atoms with Gasteiger partial charge in [-0.3, -0.25) is 9.79 Å². The van der Waals surface area contributed by atoms with Gasteiger partial charge in [-0.2, -0.15) is 13.2 Å². The van der Waals surface area contributed by atoms with Crippen molar-refractivity contribution in [2.45, 2.75) is 31.6 Å². The average Bonchev–Trinajstić information content (AvgIpc) is 2.96. The Balaban J connectivity index is 1.81. The molecule has 1 aromatic carbocycles. The maximum absolute atomic E-state index is 13.1. The van der Waals surface area contributed by atoms with E-state index in [1.807, 2.05) is 0 Å². The molecule has 1 atom stereocenters. The fourth-order valence-corrected chi connectivity index (χ4v) is 4.54. The van der Waals surface area contributed by atoms with Crippen molar-refractivity contribution in [2.24, 2.45) is 4.99 Å². The van der Waals surface area contributed by atoms with E-state index in [0.717, 1.165) is 12.1 Å². The summed E-state index contributed by atoms with van der Waals surface area (Å²) in [5.41, 5.74) is -1.23. The Labute approximate surface area is 165 Å². The molecule has 1 amide bonds. The molecule has 0 bridgehead atoms. The largest absolute Gasteiger partial charge is 0.416 e. The van der Waals surface area contributed by atoms with Gasteiger partial charge in [0.15, 0.2) is 15.8 Å². The smallest absolute Gasteiger partial charge is 0.356 e. The lowest BCUT2D eigenvalue weighted by Gasteiger charge is -2.16. The summed E-state index contributed by atoms with van der Waals surface area (Å²) in [6.45, 7) is -0.110. The molecular formula is C17H22F4N4O3S.